The number of phenolic OH excluding ortho intramolecular Hbond substituents is 1. The molecule has 3 heterocycles. The average Bonchev–Trinajstić information content (AvgIpc) is 3.25. The molecule has 1 saturated heterocycles. The summed E-state index contributed by atoms with van der Waals surface area (Å²) >= 11 is 1.14. The van der Waals surface area contributed by atoms with Crippen molar-refractivity contribution in [3.63, 3.8) is 0 Å². The number of phenols is 1. The molecule has 0 spiro atoms. The van der Waals surface area contributed by atoms with Crippen LogP contribution in [-0.4, -0.2) is 125 Å². The van der Waals surface area contributed by atoms with Crippen molar-refractivity contribution in [3.8, 4) is 5.75 Å². The Kier molecular flexibility index (Phi) is 8.61. The Labute approximate surface area is 235 Å². The fourth-order valence-corrected chi connectivity index (χ4v) is 4.72. The minimum atomic E-state index is -2.14. The number of hydrogen-bond acceptors (Lipinski definition) is 11. The standard InChI is InChI=1S/C20H20N6O9S.Na.H/c1-25-19(22-23-24-25)36-8-10-7-35-18-20(34-2,17(33)26(18)13(10)16(31)32)21-14(28)12(15(29)30)9-3-5-11(27)6-4-9;;/h3-6,12,18,27H,7-8H2,1-2H3,(H,21,28)(H,29,30)(H,31,32);;/t12?,18-,20+;;/m1../s1. The molecule has 4 rings (SSSR count). The number of rotatable bonds is 9. The molecule has 0 saturated carbocycles. The fraction of sp³-hybridized carbons (Fsp3) is 0.350. The number of methoxy groups -OCH3 is 1. The third kappa shape index (κ3) is 5.07. The van der Waals surface area contributed by atoms with Gasteiger partial charge in [-0.05, 0) is 33.7 Å². The number of hydrogen-bond donors (Lipinski definition) is 4. The number of fused-ring (bicyclic) bond motifs is 1. The maximum absolute atomic E-state index is 13.2. The van der Waals surface area contributed by atoms with Gasteiger partial charge in [0, 0.05) is 19.9 Å². The minimum absolute atomic E-state index is 0. The fourth-order valence-electron chi connectivity index (χ4n) is 3.88. The molecule has 2 aliphatic rings. The Bertz CT molecular complexity index is 1270. The number of tetrazole rings is 1. The van der Waals surface area contributed by atoms with Gasteiger partial charge in [0.25, 0.3) is 11.6 Å². The van der Waals surface area contributed by atoms with Gasteiger partial charge in [0.1, 0.15) is 11.4 Å². The van der Waals surface area contributed by atoms with Crippen LogP contribution in [0, 0.1) is 0 Å². The molecule has 4 N–H and O–H groups in total. The van der Waals surface area contributed by atoms with E-state index in [9.17, 15) is 34.5 Å². The topological polar surface area (TPSA) is 206 Å². The zero-order valence-corrected chi connectivity index (χ0v) is 19.6. The van der Waals surface area contributed by atoms with Crippen molar-refractivity contribution in [2.75, 3.05) is 19.5 Å². The number of carboxylic acid groups (broad SMARTS) is 2. The van der Waals surface area contributed by atoms with E-state index in [1.807, 2.05) is 0 Å². The normalized spacial score (nSPS) is 21.4. The zero-order chi connectivity index (χ0) is 26.2. The van der Waals surface area contributed by atoms with Crippen LogP contribution in [0.1, 0.15) is 11.5 Å². The molecule has 17 heteroatoms. The van der Waals surface area contributed by atoms with Gasteiger partial charge in [-0.25, -0.2) is 9.48 Å². The summed E-state index contributed by atoms with van der Waals surface area (Å²) in [4.78, 5) is 51.0. The van der Waals surface area contributed by atoms with E-state index in [0.717, 1.165) is 23.8 Å². The number of benzene rings is 1. The Hall–Kier alpha value is -3.02. The zero-order valence-electron chi connectivity index (χ0n) is 18.8. The van der Waals surface area contributed by atoms with Crippen molar-refractivity contribution in [2.24, 2.45) is 7.05 Å². The molecule has 1 fully saturated rings. The number of aromatic hydroxyl groups is 1. The van der Waals surface area contributed by atoms with Gasteiger partial charge < -0.3 is 30.1 Å². The van der Waals surface area contributed by atoms with Crippen molar-refractivity contribution < 1.29 is 44.0 Å². The second-order valence-corrected chi connectivity index (χ2v) is 8.70. The number of aliphatic carboxylic acids is 2. The number of carbonyl (C=O) groups excluding carboxylic acids is 2. The van der Waals surface area contributed by atoms with Crippen LogP contribution in [0.3, 0.4) is 0 Å². The summed E-state index contributed by atoms with van der Waals surface area (Å²) in [6.45, 7) is -0.213. The predicted molar refractivity (Wildman–Crippen MR) is 124 cm³/mol. The quantitative estimate of drug-likeness (QED) is 0.0907. The molecule has 2 amide bonds. The molecule has 2 aromatic rings. The Morgan fingerprint density at radius 1 is 1.30 bits per heavy atom. The van der Waals surface area contributed by atoms with Gasteiger partial charge in [-0.1, -0.05) is 23.9 Å². The van der Waals surface area contributed by atoms with E-state index in [0.29, 0.717) is 5.16 Å². The van der Waals surface area contributed by atoms with Gasteiger partial charge in [-0.2, -0.15) is 0 Å². The van der Waals surface area contributed by atoms with E-state index in [4.69, 9.17) is 9.47 Å². The first-order valence-corrected chi connectivity index (χ1v) is 11.2. The van der Waals surface area contributed by atoms with E-state index < -0.39 is 41.6 Å². The SMILES string of the molecule is CO[C@@]1(NC(=O)C(C(=O)O)c2ccc(O)cc2)C(=O)N2C(C(=O)O)=C(CSc3nnnn3C)CO[C@@H]21.[NaH]. The molecule has 0 aliphatic carbocycles. The van der Waals surface area contributed by atoms with Gasteiger partial charge in [-0.15, -0.1) is 5.10 Å². The van der Waals surface area contributed by atoms with Crippen LogP contribution in [-0.2, 0) is 35.7 Å². The van der Waals surface area contributed by atoms with Crippen molar-refractivity contribution >= 4 is 65.1 Å². The second kappa shape index (κ2) is 11.2. The van der Waals surface area contributed by atoms with Crippen LogP contribution in [0.25, 0.3) is 0 Å². The molecule has 37 heavy (non-hydrogen) atoms. The number of ether oxygens (including phenoxy) is 2. The molecule has 2 aliphatic heterocycles. The molecule has 1 aromatic carbocycles. The summed E-state index contributed by atoms with van der Waals surface area (Å²) < 4.78 is 12.4. The summed E-state index contributed by atoms with van der Waals surface area (Å²) in [5.41, 5.74) is -2.17. The Balaban J connectivity index is 0.00000380. The van der Waals surface area contributed by atoms with Crippen LogP contribution in [0.2, 0.25) is 0 Å². The first-order chi connectivity index (χ1) is 17.1. The molecule has 0 bridgehead atoms. The van der Waals surface area contributed by atoms with Crippen molar-refractivity contribution in [1.29, 1.82) is 0 Å². The summed E-state index contributed by atoms with van der Waals surface area (Å²) in [6, 6.07) is 4.93. The van der Waals surface area contributed by atoms with Crippen LogP contribution in [0.5, 0.6) is 5.75 Å². The predicted octanol–water partition coefficient (Wildman–Crippen LogP) is -1.78. The first kappa shape index (κ1) is 28.5. The van der Waals surface area contributed by atoms with Gasteiger partial charge >= 0.3 is 41.5 Å². The van der Waals surface area contributed by atoms with E-state index >= 15 is 0 Å². The summed E-state index contributed by atoms with van der Waals surface area (Å²) in [6.07, 6.45) is -1.36. The maximum atomic E-state index is 13.2. The molecular weight excluding hydrogens is 523 g/mol. The second-order valence-electron chi connectivity index (χ2n) is 7.76. The number of nitrogens with zero attached hydrogens (tertiary/aromatic N) is 5. The Morgan fingerprint density at radius 2 is 1.97 bits per heavy atom. The summed E-state index contributed by atoms with van der Waals surface area (Å²) in [7, 11) is 2.71. The van der Waals surface area contributed by atoms with E-state index in [1.54, 1.807) is 7.05 Å². The van der Waals surface area contributed by atoms with Gasteiger partial charge in [0.2, 0.25) is 11.1 Å². The number of β-lactam (4-membered cyclic amide) rings is 1. The third-order valence-corrected chi connectivity index (χ3v) is 6.73. The van der Waals surface area contributed by atoms with E-state index in [-0.39, 0.29) is 64.5 Å². The third-order valence-electron chi connectivity index (χ3n) is 5.64. The number of aromatic nitrogens is 4. The number of thioether (sulfide) groups is 1. The van der Waals surface area contributed by atoms with Crippen molar-refractivity contribution in [2.45, 2.75) is 23.0 Å². The monoisotopic (exact) mass is 544 g/mol. The van der Waals surface area contributed by atoms with Gasteiger partial charge in [-0.3, -0.25) is 19.3 Å². The van der Waals surface area contributed by atoms with E-state index in [1.165, 1.54) is 28.9 Å². The Morgan fingerprint density at radius 3 is 2.51 bits per heavy atom. The molecular formula is C20H21N6NaO9S. The number of nitrogens with one attached hydrogen (secondary N) is 1. The summed E-state index contributed by atoms with van der Waals surface area (Å²) in [5, 5.41) is 42.6. The molecule has 15 nitrogen and oxygen atoms in total. The van der Waals surface area contributed by atoms with Crippen molar-refractivity contribution in [1.82, 2.24) is 30.4 Å². The number of aryl methyl sites for hydroxylation is 1. The number of carbonyl (C=O) groups is 4. The molecule has 1 aromatic heterocycles. The number of amides is 2. The van der Waals surface area contributed by atoms with E-state index in [2.05, 4.69) is 20.8 Å². The van der Waals surface area contributed by atoms with Crippen molar-refractivity contribution in [3.05, 3.63) is 41.1 Å². The van der Waals surface area contributed by atoms with Crippen LogP contribution in [0.15, 0.2) is 40.7 Å². The summed E-state index contributed by atoms with van der Waals surface area (Å²) in [5.74, 6) is -6.73. The molecule has 1 unspecified atom stereocenters. The average molecular weight is 544 g/mol. The molecule has 0 radical (unpaired) electrons. The van der Waals surface area contributed by atoms with Gasteiger partial charge in [0.15, 0.2) is 12.1 Å². The molecule has 192 valence electrons. The molecule has 3 atom stereocenters. The van der Waals surface area contributed by atoms with Crippen LogP contribution >= 0.6 is 11.8 Å². The number of carboxylic acids is 2. The first-order valence-electron chi connectivity index (χ1n) is 10.2. The van der Waals surface area contributed by atoms with Crippen LogP contribution < -0.4 is 5.32 Å². The van der Waals surface area contributed by atoms with Gasteiger partial charge in [0.05, 0.1) is 6.61 Å². The van der Waals surface area contributed by atoms with Crippen LogP contribution in [0.4, 0.5) is 0 Å².